The molecule has 126 valence electrons. The van der Waals surface area contributed by atoms with Gasteiger partial charge in [-0.2, -0.15) is 13.2 Å². The first-order chi connectivity index (χ1) is 11.3. The van der Waals surface area contributed by atoms with E-state index < -0.39 is 23.8 Å². The molecule has 1 aromatic heterocycles. The van der Waals surface area contributed by atoms with Crippen molar-refractivity contribution in [2.75, 3.05) is 11.9 Å². The monoisotopic (exact) mass is 358 g/mol. The lowest BCUT2D eigenvalue weighted by Crippen LogP contribution is -2.40. The Balaban J connectivity index is 1.72. The van der Waals surface area contributed by atoms with E-state index in [-0.39, 0.29) is 17.4 Å². The molecule has 1 aromatic carbocycles. The Morgan fingerprint density at radius 3 is 2.67 bits per heavy atom. The van der Waals surface area contributed by atoms with Crippen LogP contribution in [-0.2, 0) is 11.0 Å². The SMILES string of the molecule is O=C(Nc1ncc(C(F)(F)F)cc1Cl)[C@@H]1COc2ccccc2O1. The molecule has 24 heavy (non-hydrogen) atoms. The second-order valence-corrected chi connectivity index (χ2v) is 5.31. The summed E-state index contributed by atoms with van der Waals surface area (Å²) in [5.41, 5.74) is -1.00. The molecular weight excluding hydrogens is 349 g/mol. The van der Waals surface area contributed by atoms with Crippen LogP contribution < -0.4 is 14.8 Å². The fraction of sp³-hybridized carbons (Fsp3) is 0.200. The van der Waals surface area contributed by atoms with E-state index in [1.54, 1.807) is 24.3 Å². The Hall–Kier alpha value is -2.48. The van der Waals surface area contributed by atoms with Gasteiger partial charge in [0.25, 0.3) is 5.91 Å². The van der Waals surface area contributed by atoms with Gasteiger partial charge < -0.3 is 14.8 Å². The number of carbonyl (C=O) groups excluding carboxylic acids is 1. The summed E-state index contributed by atoms with van der Waals surface area (Å²) in [7, 11) is 0. The lowest BCUT2D eigenvalue weighted by atomic mass is 10.2. The minimum atomic E-state index is -4.57. The molecule has 0 bridgehead atoms. The lowest BCUT2D eigenvalue weighted by Gasteiger charge is -2.25. The Morgan fingerprint density at radius 2 is 2.00 bits per heavy atom. The highest BCUT2D eigenvalue weighted by Gasteiger charge is 2.32. The van der Waals surface area contributed by atoms with Crippen molar-refractivity contribution in [2.45, 2.75) is 12.3 Å². The third-order valence-electron chi connectivity index (χ3n) is 3.21. The van der Waals surface area contributed by atoms with E-state index in [0.717, 1.165) is 0 Å². The number of alkyl halides is 3. The summed E-state index contributed by atoms with van der Waals surface area (Å²) in [4.78, 5) is 15.7. The van der Waals surface area contributed by atoms with Gasteiger partial charge in [0.2, 0.25) is 6.10 Å². The van der Waals surface area contributed by atoms with E-state index in [0.29, 0.717) is 23.8 Å². The number of nitrogens with one attached hydrogen (secondary N) is 1. The number of aromatic nitrogens is 1. The molecule has 0 radical (unpaired) electrons. The van der Waals surface area contributed by atoms with Crippen molar-refractivity contribution in [1.29, 1.82) is 0 Å². The van der Waals surface area contributed by atoms with Gasteiger partial charge >= 0.3 is 6.18 Å². The first-order valence-electron chi connectivity index (χ1n) is 6.76. The van der Waals surface area contributed by atoms with Crippen LogP contribution in [0.2, 0.25) is 5.02 Å². The fourth-order valence-electron chi connectivity index (χ4n) is 2.03. The van der Waals surface area contributed by atoms with Crippen LogP contribution in [0.3, 0.4) is 0 Å². The van der Waals surface area contributed by atoms with Crippen molar-refractivity contribution in [3.63, 3.8) is 0 Å². The summed E-state index contributed by atoms with van der Waals surface area (Å²) >= 11 is 5.75. The van der Waals surface area contributed by atoms with Gasteiger partial charge in [0.05, 0.1) is 10.6 Å². The molecule has 0 fully saturated rings. The molecule has 0 saturated heterocycles. The van der Waals surface area contributed by atoms with Gasteiger partial charge in [0.1, 0.15) is 6.61 Å². The van der Waals surface area contributed by atoms with E-state index in [4.69, 9.17) is 21.1 Å². The number of anilines is 1. The van der Waals surface area contributed by atoms with Gasteiger partial charge in [-0.15, -0.1) is 0 Å². The molecule has 1 amide bonds. The van der Waals surface area contributed by atoms with Crippen molar-refractivity contribution in [3.8, 4) is 11.5 Å². The summed E-state index contributed by atoms with van der Waals surface area (Å²) in [6.07, 6.45) is -4.95. The largest absolute Gasteiger partial charge is 0.485 e. The number of benzene rings is 1. The summed E-state index contributed by atoms with van der Waals surface area (Å²) in [6, 6.07) is 7.50. The maximum Gasteiger partial charge on any atom is 0.417 e. The van der Waals surface area contributed by atoms with E-state index in [9.17, 15) is 18.0 Å². The molecule has 0 saturated carbocycles. The number of fused-ring (bicyclic) bond motifs is 1. The molecule has 1 atom stereocenters. The molecule has 2 aromatic rings. The van der Waals surface area contributed by atoms with Crippen LogP contribution in [0, 0.1) is 0 Å². The van der Waals surface area contributed by atoms with E-state index >= 15 is 0 Å². The number of para-hydroxylation sites is 2. The first kappa shape index (κ1) is 16.4. The second kappa shape index (κ2) is 6.20. The Kier molecular flexibility index (Phi) is 4.23. The number of nitrogens with zero attached hydrogens (tertiary/aromatic N) is 1. The number of amides is 1. The summed E-state index contributed by atoms with van der Waals surface area (Å²) in [5.74, 6) is 0.0957. The molecule has 0 spiro atoms. The van der Waals surface area contributed by atoms with E-state index in [1.807, 2.05) is 0 Å². The van der Waals surface area contributed by atoms with Gasteiger partial charge in [-0.25, -0.2) is 4.98 Å². The minimum Gasteiger partial charge on any atom is -0.485 e. The van der Waals surface area contributed by atoms with Crippen molar-refractivity contribution in [2.24, 2.45) is 0 Å². The molecule has 9 heteroatoms. The predicted octanol–water partition coefficient (Wildman–Crippen LogP) is 3.53. The number of hydrogen-bond acceptors (Lipinski definition) is 4. The van der Waals surface area contributed by atoms with Crippen LogP contribution in [0.25, 0.3) is 0 Å². The highest BCUT2D eigenvalue weighted by Crippen LogP contribution is 2.33. The molecule has 0 unspecified atom stereocenters. The summed E-state index contributed by atoms with van der Waals surface area (Å²) in [6.45, 7) is -0.0406. The average Bonchev–Trinajstić information content (AvgIpc) is 2.55. The first-order valence-corrected chi connectivity index (χ1v) is 7.14. The quantitative estimate of drug-likeness (QED) is 0.892. The fourth-order valence-corrected chi connectivity index (χ4v) is 2.24. The topological polar surface area (TPSA) is 60.5 Å². The smallest absolute Gasteiger partial charge is 0.417 e. The van der Waals surface area contributed by atoms with Crippen LogP contribution >= 0.6 is 11.6 Å². The minimum absolute atomic E-state index is 0.0406. The van der Waals surface area contributed by atoms with Crippen LogP contribution in [0.1, 0.15) is 5.56 Å². The van der Waals surface area contributed by atoms with Crippen LogP contribution in [0.4, 0.5) is 19.0 Å². The number of ether oxygens (including phenoxy) is 2. The van der Waals surface area contributed by atoms with Crippen LogP contribution in [0.5, 0.6) is 11.5 Å². The highest BCUT2D eigenvalue weighted by atomic mass is 35.5. The maximum absolute atomic E-state index is 12.6. The summed E-state index contributed by atoms with van der Waals surface area (Å²) < 4.78 is 48.6. The number of pyridine rings is 1. The van der Waals surface area contributed by atoms with Gasteiger partial charge in [-0.3, -0.25) is 4.79 Å². The molecule has 5 nitrogen and oxygen atoms in total. The molecule has 1 aliphatic heterocycles. The third kappa shape index (κ3) is 3.38. The Morgan fingerprint density at radius 1 is 1.29 bits per heavy atom. The molecule has 2 heterocycles. The zero-order chi connectivity index (χ0) is 17.3. The van der Waals surface area contributed by atoms with Crippen LogP contribution in [0.15, 0.2) is 36.5 Å². The molecular formula is C15H10ClF3N2O3. The molecule has 1 aliphatic rings. The zero-order valence-corrected chi connectivity index (χ0v) is 12.7. The number of carbonyl (C=O) groups is 1. The summed E-state index contributed by atoms with van der Waals surface area (Å²) in [5, 5.41) is 2.01. The number of halogens is 4. The lowest BCUT2D eigenvalue weighted by molar-refractivity contribution is -0.137. The maximum atomic E-state index is 12.6. The van der Waals surface area contributed by atoms with Crippen molar-refractivity contribution < 1.29 is 27.4 Å². The van der Waals surface area contributed by atoms with Crippen molar-refractivity contribution in [3.05, 3.63) is 47.1 Å². The molecule has 1 N–H and O–H groups in total. The standard InChI is InChI=1S/C15H10ClF3N2O3/c16-9-5-8(15(17,18)19)6-20-13(9)21-14(22)12-7-23-10-3-1-2-4-11(10)24-12/h1-6,12H,7H2,(H,20,21,22)/t12-/m0/s1. The van der Waals surface area contributed by atoms with Gasteiger partial charge in [-0.1, -0.05) is 23.7 Å². The number of rotatable bonds is 2. The average molecular weight is 359 g/mol. The van der Waals surface area contributed by atoms with E-state index in [1.165, 1.54) is 0 Å². The van der Waals surface area contributed by atoms with Gasteiger partial charge in [-0.05, 0) is 18.2 Å². The molecule has 3 rings (SSSR count). The predicted molar refractivity (Wildman–Crippen MR) is 79.2 cm³/mol. The Bertz CT molecular complexity index is 783. The Labute approximate surface area is 139 Å². The molecule has 0 aliphatic carbocycles. The number of hydrogen-bond donors (Lipinski definition) is 1. The van der Waals surface area contributed by atoms with Crippen molar-refractivity contribution >= 4 is 23.3 Å². The third-order valence-corrected chi connectivity index (χ3v) is 3.50. The zero-order valence-electron chi connectivity index (χ0n) is 11.9. The van der Waals surface area contributed by atoms with E-state index in [2.05, 4.69) is 10.3 Å². The van der Waals surface area contributed by atoms with Crippen LogP contribution in [-0.4, -0.2) is 23.6 Å². The second-order valence-electron chi connectivity index (χ2n) is 4.91. The normalized spacial score (nSPS) is 16.6. The van der Waals surface area contributed by atoms with Crippen molar-refractivity contribution in [1.82, 2.24) is 4.98 Å². The van der Waals surface area contributed by atoms with Gasteiger partial charge in [0, 0.05) is 6.20 Å². The van der Waals surface area contributed by atoms with Gasteiger partial charge in [0.15, 0.2) is 17.3 Å². The highest BCUT2D eigenvalue weighted by molar-refractivity contribution is 6.33.